The van der Waals surface area contributed by atoms with Crippen molar-refractivity contribution in [3.05, 3.63) is 23.4 Å². The average molecular weight is 158 g/mol. The second-order valence-electron chi connectivity index (χ2n) is 1.72. The molecule has 0 aliphatic heterocycles. The Morgan fingerprint density at radius 1 is 1.50 bits per heavy atom. The van der Waals surface area contributed by atoms with E-state index < -0.39 is 0 Å². The smallest absolute Gasteiger partial charge is 0.141 e. The number of pyridine rings is 1. The first-order valence-electron chi connectivity index (χ1n) is 2.88. The Kier molecular flexibility index (Phi) is 2.48. The van der Waals surface area contributed by atoms with Crippen molar-refractivity contribution in [3.63, 3.8) is 0 Å². The molecule has 1 aromatic heterocycles. The number of halogens is 1. The van der Waals surface area contributed by atoms with Crippen LogP contribution >= 0.6 is 11.6 Å². The number of hydrogen-bond donors (Lipinski definition) is 2. The number of nitrogens with zero attached hydrogens (tertiary/aromatic N) is 1. The van der Waals surface area contributed by atoms with Crippen molar-refractivity contribution in [2.45, 2.75) is 0 Å². The van der Waals surface area contributed by atoms with E-state index in [2.05, 4.69) is 15.8 Å². The van der Waals surface area contributed by atoms with E-state index in [4.69, 9.17) is 11.6 Å². The number of hydrazine groups is 1. The van der Waals surface area contributed by atoms with Gasteiger partial charge in [-0.1, -0.05) is 17.7 Å². The predicted molar refractivity (Wildman–Crippen MR) is 41.9 cm³/mol. The zero-order valence-electron chi connectivity index (χ0n) is 5.56. The Morgan fingerprint density at radius 2 is 2.30 bits per heavy atom. The largest absolute Gasteiger partial charge is 0.306 e. The van der Waals surface area contributed by atoms with E-state index in [1.54, 1.807) is 13.1 Å². The first-order valence-corrected chi connectivity index (χ1v) is 3.26. The van der Waals surface area contributed by atoms with Crippen LogP contribution in [-0.4, -0.2) is 12.0 Å². The van der Waals surface area contributed by atoms with Crippen molar-refractivity contribution in [1.29, 1.82) is 0 Å². The molecule has 2 N–H and O–H groups in total. The number of aromatic nitrogens is 1. The predicted octanol–water partition coefficient (Wildman–Crippen LogP) is 1.28. The van der Waals surface area contributed by atoms with Crippen LogP contribution in [-0.2, 0) is 0 Å². The van der Waals surface area contributed by atoms with E-state index in [0.29, 0.717) is 5.15 Å². The van der Waals surface area contributed by atoms with Crippen LogP contribution in [0.25, 0.3) is 0 Å². The number of anilines is 1. The molecular weight excluding hydrogens is 150 g/mol. The molecule has 1 rings (SSSR count). The minimum Gasteiger partial charge on any atom is -0.306 e. The highest BCUT2D eigenvalue weighted by Gasteiger charge is 1.90. The van der Waals surface area contributed by atoms with Crippen LogP contribution in [0.4, 0.5) is 5.82 Å². The molecule has 0 aliphatic rings. The number of rotatable bonds is 2. The maximum atomic E-state index is 5.60. The molecule has 3 nitrogen and oxygen atoms in total. The maximum Gasteiger partial charge on any atom is 0.141 e. The van der Waals surface area contributed by atoms with E-state index >= 15 is 0 Å². The average Bonchev–Trinajstić information content (AvgIpc) is 1.88. The van der Waals surface area contributed by atoms with E-state index in [0.717, 1.165) is 5.82 Å². The summed E-state index contributed by atoms with van der Waals surface area (Å²) < 4.78 is 0. The van der Waals surface area contributed by atoms with Gasteiger partial charge in [0.15, 0.2) is 0 Å². The monoisotopic (exact) mass is 157 g/mol. The third-order valence-electron chi connectivity index (χ3n) is 0.968. The first kappa shape index (κ1) is 7.31. The summed E-state index contributed by atoms with van der Waals surface area (Å²) in [6.45, 7) is 0. The lowest BCUT2D eigenvalue weighted by molar-refractivity contribution is 0.965. The molecule has 0 spiro atoms. The molecule has 0 aromatic carbocycles. The third kappa shape index (κ3) is 1.86. The molecule has 0 bridgehead atoms. The van der Waals surface area contributed by atoms with Gasteiger partial charge in [0.25, 0.3) is 0 Å². The molecule has 1 heterocycles. The topological polar surface area (TPSA) is 37.0 Å². The van der Waals surface area contributed by atoms with E-state index in [1.807, 2.05) is 12.1 Å². The highest BCUT2D eigenvalue weighted by atomic mass is 35.5. The Bertz CT molecular complexity index is 214. The van der Waals surface area contributed by atoms with Gasteiger partial charge >= 0.3 is 0 Å². The minimum absolute atomic E-state index is 0.486. The van der Waals surface area contributed by atoms with Gasteiger partial charge in [-0.2, -0.15) is 0 Å². The minimum atomic E-state index is 0.486. The van der Waals surface area contributed by atoms with Crippen LogP contribution in [0.15, 0.2) is 18.2 Å². The molecule has 1 aromatic rings. The molecule has 0 saturated heterocycles. The fourth-order valence-electron chi connectivity index (χ4n) is 0.606. The van der Waals surface area contributed by atoms with Crippen LogP contribution < -0.4 is 10.9 Å². The summed E-state index contributed by atoms with van der Waals surface area (Å²) in [5.74, 6) is 0.718. The van der Waals surface area contributed by atoms with Gasteiger partial charge in [0, 0.05) is 7.05 Å². The summed E-state index contributed by atoms with van der Waals surface area (Å²) in [5.41, 5.74) is 5.54. The number of hydrogen-bond acceptors (Lipinski definition) is 3. The summed E-state index contributed by atoms with van der Waals surface area (Å²) in [6.07, 6.45) is 0. The Labute approximate surface area is 64.4 Å². The van der Waals surface area contributed by atoms with Crippen molar-refractivity contribution < 1.29 is 0 Å². The van der Waals surface area contributed by atoms with Crippen LogP contribution in [0, 0.1) is 0 Å². The lowest BCUT2D eigenvalue weighted by atomic mass is 10.5. The molecule has 54 valence electrons. The molecule has 0 atom stereocenters. The van der Waals surface area contributed by atoms with Gasteiger partial charge in [0.05, 0.1) is 0 Å². The SMILES string of the molecule is CNNc1cccc(Cl)n1. The van der Waals surface area contributed by atoms with E-state index in [9.17, 15) is 0 Å². The molecule has 0 radical (unpaired) electrons. The number of nitrogens with one attached hydrogen (secondary N) is 2. The van der Waals surface area contributed by atoms with Crippen LogP contribution in [0.2, 0.25) is 5.15 Å². The lowest BCUT2D eigenvalue weighted by Gasteiger charge is -2.01. The van der Waals surface area contributed by atoms with Crippen LogP contribution in [0.5, 0.6) is 0 Å². The van der Waals surface area contributed by atoms with Crippen LogP contribution in [0.3, 0.4) is 0 Å². The fraction of sp³-hybridized carbons (Fsp3) is 0.167. The first-order chi connectivity index (χ1) is 4.83. The van der Waals surface area contributed by atoms with Gasteiger partial charge in [0.2, 0.25) is 0 Å². The highest BCUT2D eigenvalue weighted by molar-refractivity contribution is 6.29. The van der Waals surface area contributed by atoms with Crippen molar-refractivity contribution in [2.24, 2.45) is 0 Å². The highest BCUT2D eigenvalue weighted by Crippen LogP contribution is 2.07. The van der Waals surface area contributed by atoms with Gasteiger partial charge in [-0.3, -0.25) is 0 Å². The Morgan fingerprint density at radius 3 is 2.90 bits per heavy atom. The second kappa shape index (κ2) is 3.39. The molecule has 0 amide bonds. The summed E-state index contributed by atoms with van der Waals surface area (Å²) in [4.78, 5) is 3.95. The Balaban J connectivity index is 2.75. The van der Waals surface area contributed by atoms with Crippen molar-refractivity contribution in [3.8, 4) is 0 Å². The van der Waals surface area contributed by atoms with Gasteiger partial charge in [0.1, 0.15) is 11.0 Å². The molecule has 0 aliphatic carbocycles. The standard InChI is InChI=1S/C6H8ClN3/c1-8-10-6-4-2-3-5(7)9-6/h2-4,8H,1H3,(H,9,10). The summed E-state index contributed by atoms with van der Waals surface area (Å²) in [7, 11) is 1.77. The van der Waals surface area contributed by atoms with Crippen molar-refractivity contribution in [1.82, 2.24) is 10.4 Å². The molecule has 4 heteroatoms. The van der Waals surface area contributed by atoms with Crippen LogP contribution in [0.1, 0.15) is 0 Å². The normalized spacial score (nSPS) is 9.40. The second-order valence-corrected chi connectivity index (χ2v) is 2.11. The maximum absolute atomic E-state index is 5.60. The summed E-state index contributed by atoms with van der Waals surface area (Å²) in [5, 5.41) is 0.486. The molecule has 10 heavy (non-hydrogen) atoms. The van der Waals surface area contributed by atoms with Gasteiger partial charge in [-0.25, -0.2) is 10.4 Å². The zero-order chi connectivity index (χ0) is 7.40. The Hall–Kier alpha value is -0.800. The fourth-order valence-corrected chi connectivity index (χ4v) is 0.770. The van der Waals surface area contributed by atoms with Gasteiger partial charge < -0.3 is 5.43 Å². The summed E-state index contributed by atoms with van der Waals surface area (Å²) in [6, 6.07) is 5.37. The van der Waals surface area contributed by atoms with Crippen molar-refractivity contribution in [2.75, 3.05) is 12.5 Å². The molecule has 0 unspecified atom stereocenters. The zero-order valence-corrected chi connectivity index (χ0v) is 6.31. The third-order valence-corrected chi connectivity index (χ3v) is 1.18. The summed E-state index contributed by atoms with van der Waals surface area (Å²) >= 11 is 5.60. The molecular formula is C6H8ClN3. The van der Waals surface area contributed by atoms with Gasteiger partial charge in [-0.15, -0.1) is 0 Å². The van der Waals surface area contributed by atoms with E-state index in [-0.39, 0.29) is 0 Å². The lowest BCUT2D eigenvalue weighted by Crippen LogP contribution is -2.15. The van der Waals surface area contributed by atoms with E-state index in [1.165, 1.54) is 0 Å². The quantitative estimate of drug-likeness (QED) is 0.502. The molecule has 0 saturated carbocycles. The van der Waals surface area contributed by atoms with Gasteiger partial charge in [-0.05, 0) is 12.1 Å². The van der Waals surface area contributed by atoms with Crippen molar-refractivity contribution >= 4 is 17.4 Å². The molecule has 0 fully saturated rings.